The molecule has 2 unspecified atom stereocenters. The molecular weight excluding hydrogens is 210 g/mol. The van der Waals surface area contributed by atoms with Crippen LogP contribution in [0.4, 0.5) is 0 Å². The number of hydrogen-bond acceptors (Lipinski definition) is 3. The summed E-state index contributed by atoms with van der Waals surface area (Å²) in [5.41, 5.74) is 0. The normalized spacial score (nSPS) is 25.9. The maximum absolute atomic E-state index is 12.1. The van der Waals surface area contributed by atoms with Crippen LogP contribution in [0.3, 0.4) is 0 Å². The molecular formula is C11H23NO2S. The zero-order chi connectivity index (χ0) is 11.3. The van der Waals surface area contributed by atoms with Gasteiger partial charge >= 0.3 is 0 Å². The van der Waals surface area contributed by atoms with Crippen LogP contribution in [0.1, 0.15) is 39.5 Å². The third kappa shape index (κ3) is 4.11. The first-order chi connectivity index (χ1) is 7.06. The lowest BCUT2D eigenvalue weighted by Gasteiger charge is -2.17. The molecule has 1 saturated heterocycles. The van der Waals surface area contributed by atoms with Gasteiger partial charge < -0.3 is 5.32 Å². The molecule has 0 aliphatic carbocycles. The van der Waals surface area contributed by atoms with Crippen molar-refractivity contribution in [1.29, 1.82) is 0 Å². The smallest absolute Gasteiger partial charge is 0.154 e. The highest BCUT2D eigenvalue weighted by atomic mass is 32.2. The monoisotopic (exact) mass is 233 g/mol. The topological polar surface area (TPSA) is 46.2 Å². The second-order valence-corrected chi connectivity index (χ2v) is 6.99. The van der Waals surface area contributed by atoms with Gasteiger partial charge in [-0.2, -0.15) is 0 Å². The predicted molar refractivity (Wildman–Crippen MR) is 63.8 cm³/mol. The molecule has 3 nitrogen and oxygen atoms in total. The molecule has 0 radical (unpaired) electrons. The lowest BCUT2D eigenvalue weighted by atomic mass is 10.2. The van der Waals surface area contributed by atoms with E-state index in [0.29, 0.717) is 18.2 Å². The second kappa shape index (κ2) is 5.85. The summed E-state index contributed by atoms with van der Waals surface area (Å²) in [7, 11) is -2.88. The second-order valence-electron chi connectivity index (χ2n) is 4.66. The van der Waals surface area contributed by atoms with Crippen molar-refractivity contribution in [3.8, 4) is 0 Å². The quantitative estimate of drug-likeness (QED) is 0.802. The molecule has 1 fully saturated rings. The molecule has 4 heteroatoms. The summed E-state index contributed by atoms with van der Waals surface area (Å²) in [6.07, 6.45) is 3.93. The standard InChI is InChI=1S/C11H23NO2S/c1-3-10(2)9-15(13,14)11-6-4-5-7-12-8-11/h10-12H,3-9H2,1-2H3. The van der Waals surface area contributed by atoms with E-state index in [1.807, 2.05) is 13.8 Å². The van der Waals surface area contributed by atoms with E-state index < -0.39 is 9.84 Å². The third-order valence-electron chi connectivity index (χ3n) is 3.22. The molecule has 15 heavy (non-hydrogen) atoms. The van der Waals surface area contributed by atoms with Crippen molar-refractivity contribution in [2.75, 3.05) is 18.8 Å². The molecule has 0 aromatic carbocycles. The highest BCUT2D eigenvalue weighted by Gasteiger charge is 2.27. The highest BCUT2D eigenvalue weighted by Crippen LogP contribution is 2.17. The van der Waals surface area contributed by atoms with Crippen LogP contribution in [-0.2, 0) is 9.84 Å². The van der Waals surface area contributed by atoms with E-state index in [2.05, 4.69) is 5.32 Å². The molecule has 0 aromatic rings. The van der Waals surface area contributed by atoms with Gasteiger partial charge in [-0.1, -0.05) is 26.7 Å². The van der Waals surface area contributed by atoms with Crippen molar-refractivity contribution in [3.63, 3.8) is 0 Å². The maximum atomic E-state index is 12.1. The Morgan fingerprint density at radius 2 is 2.13 bits per heavy atom. The number of rotatable bonds is 4. The van der Waals surface area contributed by atoms with Gasteiger partial charge in [-0.05, 0) is 25.3 Å². The molecule has 1 heterocycles. The number of nitrogens with one attached hydrogen (secondary N) is 1. The molecule has 1 aliphatic rings. The molecule has 0 amide bonds. The summed E-state index contributed by atoms with van der Waals surface area (Å²) in [4.78, 5) is 0. The molecule has 0 aromatic heterocycles. The highest BCUT2D eigenvalue weighted by molar-refractivity contribution is 7.92. The predicted octanol–water partition coefficient (Wildman–Crippen LogP) is 1.59. The minimum Gasteiger partial charge on any atom is -0.315 e. The van der Waals surface area contributed by atoms with Crippen LogP contribution >= 0.6 is 0 Å². The maximum Gasteiger partial charge on any atom is 0.154 e. The van der Waals surface area contributed by atoms with Crippen LogP contribution in [0.5, 0.6) is 0 Å². The molecule has 0 bridgehead atoms. The van der Waals surface area contributed by atoms with Crippen molar-refractivity contribution < 1.29 is 8.42 Å². The van der Waals surface area contributed by atoms with Crippen molar-refractivity contribution in [3.05, 3.63) is 0 Å². The summed E-state index contributed by atoms with van der Waals surface area (Å²) < 4.78 is 24.1. The summed E-state index contributed by atoms with van der Waals surface area (Å²) >= 11 is 0. The SMILES string of the molecule is CCC(C)CS(=O)(=O)C1CCCCNC1. The van der Waals surface area contributed by atoms with E-state index in [4.69, 9.17) is 0 Å². The first kappa shape index (κ1) is 13.0. The first-order valence-corrected chi connectivity index (χ1v) is 7.70. The Hall–Kier alpha value is -0.0900. The molecule has 1 rings (SSSR count). The Morgan fingerprint density at radius 3 is 2.80 bits per heavy atom. The average molecular weight is 233 g/mol. The van der Waals surface area contributed by atoms with Crippen LogP contribution in [0.15, 0.2) is 0 Å². The van der Waals surface area contributed by atoms with Gasteiger partial charge in [0.25, 0.3) is 0 Å². The van der Waals surface area contributed by atoms with E-state index in [9.17, 15) is 8.42 Å². The summed E-state index contributed by atoms with van der Waals surface area (Å²) in [6.45, 7) is 5.68. The van der Waals surface area contributed by atoms with Crippen molar-refractivity contribution >= 4 is 9.84 Å². The van der Waals surface area contributed by atoms with Gasteiger partial charge in [-0.15, -0.1) is 0 Å². The Morgan fingerprint density at radius 1 is 1.40 bits per heavy atom. The van der Waals surface area contributed by atoms with E-state index in [1.54, 1.807) is 0 Å². The number of sulfone groups is 1. The molecule has 1 N–H and O–H groups in total. The first-order valence-electron chi connectivity index (χ1n) is 5.98. The van der Waals surface area contributed by atoms with Gasteiger partial charge in [0, 0.05) is 6.54 Å². The van der Waals surface area contributed by atoms with E-state index in [-0.39, 0.29) is 5.25 Å². The van der Waals surface area contributed by atoms with E-state index in [0.717, 1.165) is 32.2 Å². The molecule has 2 atom stereocenters. The fraction of sp³-hybridized carbons (Fsp3) is 1.00. The fourth-order valence-corrected chi connectivity index (χ4v) is 4.14. The Balaban J connectivity index is 2.58. The zero-order valence-corrected chi connectivity index (χ0v) is 10.6. The zero-order valence-electron chi connectivity index (χ0n) is 9.83. The summed E-state index contributed by atoms with van der Waals surface area (Å²) in [6, 6.07) is 0. The Labute approximate surface area is 93.6 Å². The van der Waals surface area contributed by atoms with Gasteiger partial charge in [-0.25, -0.2) is 8.42 Å². The van der Waals surface area contributed by atoms with Crippen molar-refractivity contribution in [2.24, 2.45) is 5.92 Å². The number of hydrogen-bond donors (Lipinski definition) is 1. The lowest BCUT2D eigenvalue weighted by molar-refractivity contribution is 0.542. The minimum absolute atomic E-state index is 0.144. The van der Waals surface area contributed by atoms with E-state index in [1.165, 1.54) is 0 Å². The van der Waals surface area contributed by atoms with Gasteiger partial charge in [0.2, 0.25) is 0 Å². The Bertz CT molecular complexity index is 266. The molecule has 0 spiro atoms. The van der Waals surface area contributed by atoms with E-state index >= 15 is 0 Å². The fourth-order valence-electron chi connectivity index (χ4n) is 1.94. The average Bonchev–Trinajstić information content (AvgIpc) is 2.45. The van der Waals surface area contributed by atoms with Gasteiger partial charge in [0.05, 0.1) is 11.0 Å². The van der Waals surface area contributed by atoms with Crippen LogP contribution in [0.25, 0.3) is 0 Å². The van der Waals surface area contributed by atoms with Crippen LogP contribution in [-0.4, -0.2) is 32.5 Å². The largest absolute Gasteiger partial charge is 0.315 e. The van der Waals surface area contributed by atoms with Gasteiger partial charge in [0.1, 0.15) is 0 Å². The van der Waals surface area contributed by atoms with Crippen molar-refractivity contribution in [2.45, 2.75) is 44.8 Å². The molecule has 90 valence electrons. The molecule has 0 saturated carbocycles. The Kier molecular flexibility index (Phi) is 5.06. The van der Waals surface area contributed by atoms with Gasteiger partial charge in [0.15, 0.2) is 9.84 Å². The third-order valence-corrected chi connectivity index (χ3v) is 5.68. The lowest BCUT2D eigenvalue weighted by Crippen LogP contribution is -2.34. The van der Waals surface area contributed by atoms with Crippen molar-refractivity contribution in [1.82, 2.24) is 5.32 Å². The minimum atomic E-state index is -2.88. The summed E-state index contributed by atoms with van der Waals surface area (Å²) in [5, 5.41) is 3.07. The van der Waals surface area contributed by atoms with Gasteiger partial charge in [-0.3, -0.25) is 0 Å². The summed E-state index contributed by atoms with van der Waals surface area (Å²) in [5.74, 6) is 0.647. The van der Waals surface area contributed by atoms with Crippen LogP contribution < -0.4 is 5.32 Å². The molecule has 1 aliphatic heterocycles. The van der Waals surface area contributed by atoms with Crippen LogP contribution in [0.2, 0.25) is 0 Å². The van der Waals surface area contributed by atoms with Crippen LogP contribution in [0, 0.1) is 5.92 Å².